The quantitative estimate of drug-likeness (QED) is 0.167. The number of benzene rings is 7. The van der Waals surface area contributed by atoms with Crippen molar-refractivity contribution in [2.45, 2.75) is 125 Å². The first-order valence-corrected chi connectivity index (χ1v) is 22.9. The van der Waals surface area contributed by atoms with Gasteiger partial charge in [-0.15, -0.1) is 0 Å². The topological polar surface area (TPSA) is 0 Å². The second-order valence-corrected chi connectivity index (χ2v) is 11.3. The highest BCUT2D eigenvalue weighted by Crippen LogP contribution is 2.22. The van der Waals surface area contributed by atoms with Gasteiger partial charge in [-0.2, -0.15) is 0 Å². The minimum Gasteiger partial charge on any atom is -0.0683 e. The Kier molecular flexibility index (Phi) is 47.2. The van der Waals surface area contributed by atoms with E-state index in [0.717, 1.165) is 0 Å². The summed E-state index contributed by atoms with van der Waals surface area (Å²) in [6.45, 7) is 36.4. The molecule has 7 rings (SSSR count). The van der Waals surface area contributed by atoms with Crippen molar-refractivity contribution in [1.29, 1.82) is 0 Å². The molecule has 0 saturated carbocycles. The van der Waals surface area contributed by atoms with Gasteiger partial charge in [-0.05, 0) is 66.6 Å². The van der Waals surface area contributed by atoms with Crippen LogP contribution in [0, 0.1) is 27.7 Å². The van der Waals surface area contributed by atoms with E-state index in [2.05, 4.69) is 185 Å². The van der Waals surface area contributed by atoms with E-state index in [1.807, 2.05) is 133 Å². The van der Waals surface area contributed by atoms with Crippen LogP contribution in [0.3, 0.4) is 0 Å². The lowest BCUT2D eigenvalue weighted by Gasteiger charge is -2.04. The molecule has 60 heavy (non-hydrogen) atoms. The molecular weight excluding hydrogens is 721 g/mol. The zero-order chi connectivity index (χ0) is 46.4. The summed E-state index contributed by atoms with van der Waals surface area (Å²) in [6, 6.07) is 67.2. The zero-order valence-corrected chi connectivity index (χ0v) is 41.5. The maximum absolute atomic E-state index is 2.20. The van der Waals surface area contributed by atoms with Crippen molar-refractivity contribution >= 4 is 0 Å². The van der Waals surface area contributed by atoms with Gasteiger partial charge >= 0.3 is 0 Å². The van der Waals surface area contributed by atoms with E-state index in [9.17, 15) is 0 Å². The van der Waals surface area contributed by atoms with Gasteiger partial charge < -0.3 is 0 Å². The van der Waals surface area contributed by atoms with Crippen molar-refractivity contribution in [2.75, 3.05) is 0 Å². The fraction of sp³-hybridized carbons (Fsp3) is 0.300. The third kappa shape index (κ3) is 28.9. The molecule has 7 aromatic rings. The van der Waals surface area contributed by atoms with Crippen LogP contribution in [0.4, 0.5) is 0 Å². The first-order chi connectivity index (χ1) is 29.5. The van der Waals surface area contributed by atoms with Crippen molar-refractivity contribution in [3.63, 3.8) is 0 Å². The Morgan fingerprint density at radius 1 is 0.200 bits per heavy atom. The molecule has 0 N–H and O–H groups in total. The van der Waals surface area contributed by atoms with E-state index in [1.165, 1.54) is 55.6 Å². The highest BCUT2D eigenvalue weighted by atomic mass is 14.0. The summed E-state index contributed by atoms with van der Waals surface area (Å²) < 4.78 is 0. The van der Waals surface area contributed by atoms with Gasteiger partial charge in [0.15, 0.2) is 0 Å². The summed E-state index contributed by atoms with van der Waals surface area (Å²) in [5.41, 5.74) is 13.0. The fourth-order valence-electron chi connectivity index (χ4n) is 4.88. The van der Waals surface area contributed by atoms with Crippen LogP contribution in [0.25, 0.3) is 33.4 Å². The predicted octanol–water partition coefficient (Wildman–Crippen LogP) is 20.2. The fourth-order valence-corrected chi connectivity index (χ4v) is 4.88. The zero-order valence-electron chi connectivity index (χ0n) is 41.5. The lowest BCUT2D eigenvalue weighted by molar-refractivity contribution is 1.46. The van der Waals surface area contributed by atoms with Gasteiger partial charge in [0, 0.05) is 0 Å². The van der Waals surface area contributed by atoms with Gasteiger partial charge in [-0.25, -0.2) is 0 Å². The van der Waals surface area contributed by atoms with Crippen molar-refractivity contribution in [2.24, 2.45) is 0 Å². The molecule has 0 saturated heterocycles. The van der Waals surface area contributed by atoms with E-state index in [4.69, 9.17) is 0 Å². The number of hydrogen-bond acceptors (Lipinski definition) is 0. The van der Waals surface area contributed by atoms with Gasteiger partial charge in [0.05, 0.1) is 0 Å². The van der Waals surface area contributed by atoms with Crippen molar-refractivity contribution in [3.05, 3.63) is 216 Å². The van der Waals surface area contributed by atoms with Gasteiger partial charge in [0.1, 0.15) is 0 Å². The predicted molar refractivity (Wildman–Crippen MR) is 280 cm³/mol. The van der Waals surface area contributed by atoms with E-state index in [1.54, 1.807) is 0 Å². The summed E-state index contributed by atoms with van der Waals surface area (Å²) in [4.78, 5) is 0. The molecule has 0 aliphatic carbocycles. The summed E-state index contributed by atoms with van der Waals surface area (Å²) in [5.74, 6) is 0. The monoisotopic (exact) mass is 807 g/mol. The van der Waals surface area contributed by atoms with E-state index in [0.29, 0.717) is 0 Å². The average Bonchev–Trinajstić information content (AvgIpc) is 3.36. The molecule has 0 atom stereocenters. The van der Waals surface area contributed by atoms with Crippen molar-refractivity contribution in [3.8, 4) is 33.4 Å². The van der Waals surface area contributed by atoms with Crippen molar-refractivity contribution < 1.29 is 0 Å². The Labute approximate surface area is 372 Å². The maximum atomic E-state index is 2.20. The molecular formula is C60H86. The number of hydrogen-bond donors (Lipinski definition) is 0. The second kappa shape index (κ2) is 46.2. The molecule has 326 valence electrons. The Bertz CT molecular complexity index is 1820. The first kappa shape index (κ1) is 61.2. The molecule has 0 aliphatic rings. The summed E-state index contributed by atoms with van der Waals surface area (Å²) >= 11 is 0. The van der Waals surface area contributed by atoms with Crippen LogP contribution < -0.4 is 0 Å². The van der Waals surface area contributed by atoms with Crippen LogP contribution in [-0.4, -0.2) is 0 Å². The Morgan fingerprint density at radius 2 is 0.483 bits per heavy atom. The van der Waals surface area contributed by atoms with Crippen LogP contribution in [0.2, 0.25) is 0 Å². The molecule has 0 heteroatoms. The van der Waals surface area contributed by atoms with Gasteiger partial charge in [-0.1, -0.05) is 308 Å². The minimum atomic E-state index is 1.28. The Balaban J connectivity index is -0.000000321. The first-order valence-electron chi connectivity index (χ1n) is 22.9. The molecule has 0 heterocycles. The van der Waals surface area contributed by atoms with E-state index < -0.39 is 0 Å². The SMILES string of the molecule is CC.CC.CC.CC.CC.CC.CC.Cc1ccc(-c2ccccc2)cc1.Cc1cccc(-c2ccccc2)c1.Cc1ccccc1.Cc1ccccc1-c1ccccc1. The number of aryl methyl sites for hydroxylation is 4. The highest BCUT2D eigenvalue weighted by molar-refractivity contribution is 5.67. The summed E-state index contributed by atoms with van der Waals surface area (Å²) in [6.07, 6.45) is 0. The molecule has 0 radical (unpaired) electrons. The normalized spacial score (nSPS) is 8.17. The molecule has 7 aromatic carbocycles. The molecule has 0 nitrogen and oxygen atoms in total. The standard InChI is InChI=1S/3C13H12.C7H8.7C2H6/c1-11-7-5-6-10-13(11)12-8-3-2-4-9-12;1-11-6-5-9-13(10-11)12-7-3-2-4-8-12;1-11-7-9-13(10-8-11)12-5-3-2-4-6-12;1-7-5-3-2-4-6-7;7*1-2/h3*2-10H,1H3;2-6H,1H3;7*1-2H3. The molecule has 0 fully saturated rings. The summed E-state index contributed by atoms with van der Waals surface area (Å²) in [7, 11) is 0. The highest BCUT2D eigenvalue weighted by Gasteiger charge is 1.98. The molecule has 0 spiro atoms. The number of rotatable bonds is 3. The molecule has 0 bridgehead atoms. The maximum Gasteiger partial charge on any atom is -0.0155 e. The molecule has 0 aromatic heterocycles. The Hall–Kier alpha value is -5.46. The third-order valence-electron chi connectivity index (χ3n) is 7.45. The van der Waals surface area contributed by atoms with Crippen molar-refractivity contribution in [1.82, 2.24) is 0 Å². The van der Waals surface area contributed by atoms with E-state index in [-0.39, 0.29) is 0 Å². The minimum absolute atomic E-state index is 1.28. The lowest BCUT2D eigenvalue weighted by Crippen LogP contribution is -1.80. The lowest BCUT2D eigenvalue weighted by atomic mass is 10.0. The summed E-state index contributed by atoms with van der Waals surface area (Å²) in [5, 5.41) is 0. The second-order valence-electron chi connectivity index (χ2n) is 11.3. The van der Waals surface area contributed by atoms with Crippen LogP contribution in [-0.2, 0) is 0 Å². The van der Waals surface area contributed by atoms with Gasteiger partial charge in [-0.3, -0.25) is 0 Å². The average molecular weight is 807 g/mol. The van der Waals surface area contributed by atoms with Gasteiger partial charge in [0.2, 0.25) is 0 Å². The van der Waals surface area contributed by atoms with Crippen LogP contribution in [0.15, 0.2) is 194 Å². The molecule has 0 aliphatic heterocycles. The van der Waals surface area contributed by atoms with Crippen LogP contribution >= 0.6 is 0 Å². The smallest absolute Gasteiger partial charge is 0.0155 e. The van der Waals surface area contributed by atoms with Crippen LogP contribution in [0.5, 0.6) is 0 Å². The van der Waals surface area contributed by atoms with Gasteiger partial charge in [0.25, 0.3) is 0 Å². The third-order valence-corrected chi connectivity index (χ3v) is 7.45. The Morgan fingerprint density at radius 3 is 0.850 bits per heavy atom. The largest absolute Gasteiger partial charge is 0.0683 e. The molecule has 0 amide bonds. The van der Waals surface area contributed by atoms with Crippen LogP contribution in [0.1, 0.15) is 119 Å². The van der Waals surface area contributed by atoms with E-state index >= 15 is 0 Å². The molecule has 0 unspecified atom stereocenters.